The van der Waals surface area contributed by atoms with Crippen LogP contribution in [0, 0.1) is 0 Å². The van der Waals surface area contributed by atoms with E-state index in [-0.39, 0.29) is 11.5 Å². The lowest BCUT2D eigenvalue weighted by atomic mass is 9.74. The minimum Gasteiger partial charge on any atom is -0.486 e. The Kier molecular flexibility index (Phi) is 2.92. The predicted octanol–water partition coefficient (Wildman–Crippen LogP) is 1.46. The van der Waals surface area contributed by atoms with Gasteiger partial charge in [-0.05, 0) is 31.0 Å². The number of fused-ring (bicyclic) bond motifs is 1. The molecule has 0 spiro atoms. The van der Waals surface area contributed by atoms with Crippen LogP contribution >= 0.6 is 0 Å². The molecule has 0 bridgehead atoms. The van der Waals surface area contributed by atoms with Crippen LogP contribution < -0.4 is 15.2 Å². The van der Waals surface area contributed by atoms with E-state index in [0.717, 1.165) is 31.1 Å². The molecule has 1 atom stereocenters. The van der Waals surface area contributed by atoms with Crippen molar-refractivity contribution in [3.63, 3.8) is 0 Å². The zero-order valence-electron chi connectivity index (χ0n) is 10.6. The highest BCUT2D eigenvalue weighted by molar-refractivity contribution is 5.46. The average Bonchev–Trinajstić information content (AvgIpc) is 2.33. The van der Waals surface area contributed by atoms with Gasteiger partial charge in [0.25, 0.3) is 0 Å². The molecule has 1 unspecified atom stereocenters. The van der Waals surface area contributed by atoms with Crippen LogP contribution in [-0.2, 0) is 10.2 Å². The number of nitrogens with two attached hydrogens (primary N) is 1. The van der Waals surface area contributed by atoms with E-state index in [9.17, 15) is 0 Å². The summed E-state index contributed by atoms with van der Waals surface area (Å²) < 4.78 is 16.6. The highest BCUT2D eigenvalue weighted by Gasteiger charge is 2.41. The van der Waals surface area contributed by atoms with Gasteiger partial charge in [0.2, 0.25) is 0 Å². The van der Waals surface area contributed by atoms with Gasteiger partial charge in [0.1, 0.15) is 13.2 Å². The SMILES string of the molecule is CC(N)CC1(c2ccc3c(c2)OCCO3)COC1. The van der Waals surface area contributed by atoms with Crippen molar-refractivity contribution in [3.05, 3.63) is 23.8 Å². The van der Waals surface area contributed by atoms with E-state index in [4.69, 9.17) is 19.9 Å². The third-order valence-electron chi connectivity index (χ3n) is 3.62. The second kappa shape index (κ2) is 4.44. The first kappa shape index (κ1) is 11.8. The minimum atomic E-state index is 0.0595. The lowest BCUT2D eigenvalue weighted by molar-refractivity contribution is -0.0666. The molecule has 2 N–H and O–H groups in total. The van der Waals surface area contributed by atoms with Crippen molar-refractivity contribution in [2.45, 2.75) is 24.8 Å². The number of ether oxygens (including phenoxy) is 3. The summed E-state index contributed by atoms with van der Waals surface area (Å²) >= 11 is 0. The summed E-state index contributed by atoms with van der Waals surface area (Å²) in [5.41, 5.74) is 7.26. The van der Waals surface area contributed by atoms with Crippen molar-refractivity contribution in [2.24, 2.45) is 5.73 Å². The molecule has 18 heavy (non-hydrogen) atoms. The van der Waals surface area contributed by atoms with E-state index < -0.39 is 0 Å². The Hall–Kier alpha value is -1.26. The van der Waals surface area contributed by atoms with Gasteiger partial charge in [-0.2, -0.15) is 0 Å². The molecule has 0 amide bonds. The van der Waals surface area contributed by atoms with E-state index in [0.29, 0.717) is 13.2 Å². The fourth-order valence-electron chi connectivity index (χ4n) is 2.74. The summed E-state index contributed by atoms with van der Waals surface area (Å²) in [5, 5.41) is 0. The van der Waals surface area contributed by atoms with Crippen LogP contribution in [0.25, 0.3) is 0 Å². The molecular weight excluding hydrogens is 230 g/mol. The van der Waals surface area contributed by atoms with E-state index in [2.05, 4.69) is 12.1 Å². The van der Waals surface area contributed by atoms with Gasteiger partial charge in [-0.1, -0.05) is 6.07 Å². The van der Waals surface area contributed by atoms with Crippen molar-refractivity contribution in [1.82, 2.24) is 0 Å². The maximum absolute atomic E-state index is 5.95. The van der Waals surface area contributed by atoms with Gasteiger partial charge in [0.15, 0.2) is 11.5 Å². The molecule has 1 aromatic rings. The molecule has 0 saturated carbocycles. The highest BCUT2D eigenvalue weighted by Crippen LogP contribution is 2.41. The second-order valence-corrected chi connectivity index (χ2v) is 5.31. The number of benzene rings is 1. The first-order valence-electron chi connectivity index (χ1n) is 6.43. The summed E-state index contributed by atoms with van der Waals surface area (Å²) in [6, 6.07) is 6.35. The van der Waals surface area contributed by atoms with Gasteiger partial charge in [0.05, 0.1) is 13.2 Å². The summed E-state index contributed by atoms with van der Waals surface area (Å²) in [4.78, 5) is 0. The van der Waals surface area contributed by atoms with Crippen LogP contribution in [0.5, 0.6) is 11.5 Å². The topological polar surface area (TPSA) is 53.7 Å². The molecule has 1 fully saturated rings. The fourth-order valence-corrected chi connectivity index (χ4v) is 2.74. The molecular formula is C14H19NO3. The van der Waals surface area contributed by atoms with Crippen molar-refractivity contribution in [1.29, 1.82) is 0 Å². The van der Waals surface area contributed by atoms with E-state index in [1.165, 1.54) is 5.56 Å². The Morgan fingerprint density at radius 2 is 1.94 bits per heavy atom. The van der Waals surface area contributed by atoms with Crippen molar-refractivity contribution < 1.29 is 14.2 Å². The Labute approximate surface area is 107 Å². The monoisotopic (exact) mass is 249 g/mol. The molecule has 1 aromatic carbocycles. The lowest BCUT2D eigenvalue weighted by Crippen LogP contribution is -2.49. The van der Waals surface area contributed by atoms with Crippen molar-refractivity contribution in [2.75, 3.05) is 26.4 Å². The van der Waals surface area contributed by atoms with Gasteiger partial charge < -0.3 is 19.9 Å². The smallest absolute Gasteiger partial charge is 0.161 e. The van der Waals surface area contributed by atoms with Crippen molar-refractivity contribution in [3.8, 4) is 11.5 Å². The normalized spacial score (nSPS) is 22.1. The van der Waals surface area contributed by atoms with Crippen molar-refractivity contribution >= 4 is 0 Å². The molecule has 4 nitrogen and oxygen atoms in total. The molecule has 2 heterocycles. The van der Waals surface area contributed by atoms with Crippen LogP contribution in [0.2, 0.25) is 0 Å². The fraction of sp³-hybridized carbons (Fsp3) is 0.571. The number of rotatable bonds is 3. The Balaban J connectivity index is 1.91. The molecule has 3 rings (SSSR count). The van der Waals surface area contributed by atoms with Gasteiger partial charge in [-0.3, -0.25) is 0 Å². The third kappa shape index (κ3) is 1.95. The Morgan fingerprint density at radius 1 is 1.22 bits per heavy atom. The first-order chi connectivity index (χ1) is 8.70. The Morgan fingerprint density at radius 3 is 2.56 bits per heavy atom. The van der Waals surface area contributed by atoms with Gasteiger partial charge in [0, 0.05) is 11.5 Å². The number of hydrogen-bond donors (Lipinski definition) is 1. The number of hydrogen-bond acceptors (Lipinski definition) is 4. The van der Waals surface area contributed by atoms with E-state index in [1.54, 1.807) is 0 Å². The van der Waals surface area contributed by atoms with E-state index in [1.807, 2.05) is 13.0 Å². The third-order valence-corrected chi connectivity index (χ3v) is 3.62. The van der Waals surface area contributed by atoms with Gasteiger partial charge >= 0.3 is 0 Å². The largest absolute Gasteiger partial charge is 0.486 e. The van der Waals surface area contributed by atoms with Crippen LogP contribution in [0.3, 0.4) is 0 Å². The summed E-state index contributed by atoms with van der Waals surface area (Å²) in [5.74, 6) is 1.68. The standard InChI is InChI=1S/C14H19NO3/c1-10(15)7-14(8-16-9-14)11-2-3-12-13(6-11)18-5-4-17-12/h2-3,6,10H,4-5,7-9,15H2,1H3. The molecule has 0 aliphatic carbocycles. The van der Waals surface area contributed by atoms with Crippen LogP contribution in [0.4, 0.5) is 0 Å². The van der Waals surface area contributed by atoms with Gasteiger partial charge in [-0.25, -0.2) is 0 Å². The molecule has 0 radical (unpaired) electrons. The van der Waals surface area contributed by atoms with Crippen LogP contribution in [-0.4, -0.2) is 32.5 Å². The summed E-state index contributed by atoms with van der Waals surface area (Å²) in [7, 11) is 0. The molecule has 98 valence electrons. The quantitative estimate of drug-likeness (QED) is 0.881. The first-order valence-corrected chi connectivity index (χ1v) is 6.43. The maximum atomic E-state index is 5.95. The zero-order valence-corrected chi connectivity index (χ0v) is 10.6. The molecule has 4 heteroatoms. The average molecular weight is 249 g/mol. The van der Waals surface area contributed by atoms with Gasteiger partial charge in [-0.15, -0.1) is 0 Å². The zero-order chi connectivity index (χ0) is 12.6. The second-order valence-electron chi connectivity index (χ2n) is 5.31. The summed E-state index contributed by atoms with van der Waals surface area (Å²) in [6.45, 7) is 4.77. The summed E-state index contributed by atoms with van der Waals surface area (Å²) in [6.07, 6.45) is 0.937. The molecule has 2 aliphatic rings. The Bertz CT molecular complexity index is 441. The minimum absolute atomic E-state index is 0.0595. The molecule has 2 aliphatic heterocycles. The maximum Gasteiger partial charge on any atom is 0.161 e. The molecule has 1 saturated heterocycles. The lowest BCUT2D eigenvalue weighted by Gasteiger charge is -2.43. The van der Waals surface area contributed by atoms with E-state index >= 15 is 0 Å². The highest BCUT2D eigenvalue weighted by atomic mass is 16.6. The molecule has 0 aromatic heterocycles. The van der Waals surface area contributed by atoms with Crippen LogP contribution in [0.1, 0.15) is 18.9 Å². The predicted molar refractivity (Wildman–Crippen MR) is 68.2 cm³/mol. The van der Waals surface area contributed by atoms with Crippen LogP contribution in [0.15, 0.2) is 18.2 Å².